The highest BCUT2D eigenvalue weighted by Gasteiger charge is 2.30. The van der Waals surface area contributed by atoms with E-state index in [0.29, 0.717) is 17.5 Å². The summed E-state index contributed by atoms with van der Waals surface area (Å²) in [6.45, 7) is 2.64. The zero-order valence-electron chi connectivity index (χ0n) is 11.6. The van der Waals surface area contributed by atoms with Gasteiger partial charge in [-0.3, -0.25) is 4.90 Å². The fourth-order valence-electron chi connectivity index (χ4n) is 2.80. The lowest BCUT2D eigenvalue weighted by molar-refractivity contribution is 0.231. The second-order valence-corrected chi connectivity index (χ2v) is 8.06. The first-order chi connectivity index (χ1) is 9.62. The standard InChI is InChI=1S/C14H22N2O3S/c17-20(18)9-5-12(11-20)15-6-7-16(13-3-4-13)10-14-2-1-8-19-14/h1-2,8,12-13,15H,3-7,9-11H2. The lowest BCUT2D eigenvalue weighted by Crippen LogP contribution is -2.38. The normalized spacial score (nSPS) is 25.4. The molecule has 1 N–H and O–H groups in total. The van der Waals surface area contributed by atoms with Crippen LogP contribution in [0.4, 0.5) is 0 Å². The van der Waals surface area contributed by atoms with E-state index in [9.17, 15) is 8.42 Å². The molecule has 1 aliphatic heterocycles. The Labute approximate surface area is 120 Å². The van der Waals surface area contributed by atoms with E-state index in [1.807, 2.05) is 12.1 Å². The van der Waals surface area contributed by atoms with Crippen LogP contribution in [0, 0.1) is 0 Å². The highest BCUT2D eigenvalue weighted by atomic mass is 32.2. The zero-order valence-corrected chi connectivity index (χ0v) is 12.4. The molecule has 2 aliphatic rings. The third-order valence-corrected chi connectivity index (χ3v) is 5.83. The van der Waals surface area contributed by atoms with Gasteiger partial charge >= 0.3 is 0 Å². The molecule has 1 aliphatic carbocycles. The summed E-state index contributed by atoms with van der Waals surface area (Å²) in [6.07, 6.45) is 4.99. The third kappa shape index (κ3) is 3.84. The van der Waals surface area contributed by atoms with E-state index in [-0.39, 0.29) is 6.04 Å². The quantitative estimate of drug-likeness (QED) is 0.814. The topological polar surface area (TPSA) is 62.6 Å². The second kappa shape index (κ2) is 5.87. The van der Waals surface area contributed by atoms with E-state index >= 15 is 0 Å². The first kappa shape index (κ1) is 14.1. The lowest BCUT2D eigenvalue weighted by Gasteiger charge is -2.22. The van der Waals surface area contributed by atoms with Crippen LogP contribution in [0.3, 0.4) is 0 Å². The van der Waals surface area contributed by atoms with Gasteiger partial charge in [-0.05, 0) is 31.4 Å². The van der Waals surface area contributed by atoms with Crippen molar-refractivity contribution in [3.63, 3.8) is 0 Å². The van der Waals surface area contributed by atoms with Gasteiger partial charge in [0, 0.05) is 25.2 Å². The summed E-state index contributed by atoms with van der Waals surface area (Å²) >= 11 is 0. The van der Waals surface area contributed by atoms with Crippen LogP contribution in [0.2, 0.25) is 0 Å². The number of hydrogen-bond donors (Lipinski definition) is 1. The van der Waals surface area contributed by atoms with Crippen molar-refractivity contribution in [1.82, 2.24) is 10.2 Å². The van der Waals surface area contributed by atoms with Gasteiger partial charge < -0.3 is 9.73 Å². The van der Waals surface area contributed by atoms with E-state index < -0.39 is 9.84 Å². The van der Waals surface area contributed by atoms with Gasteiger partial charge in [-0.2, -0.15) is 0 Å². The number of nitrogens with zero attached hydrogens (tertiary/aromatic N) is 1. The molecule has 112 valence electrons. The number of sulfone groups is 1. The highest BCUT2D eigenvalue weighted by Crippen LogP contribution is 2.28. The minimum atomic E-state index is -2.78. The van der Waals surface area contributed by atoms with Gasteiger partial charge in [0.05, 0.1) is 24.3 Å². The average Bonchev–Trinajstić information content (AvgIpc) is 3.01. The zero-order chi connectivity index (χ0) is 14.0. The van der Waals surface area contributed by atoms with Crippen molar-refractivity contribution < 1.29 is 12.8 Å². The summed E-state index contributed by atoms with van der Waals surface area (Å²) in [4.78, 5) is 2.43. The lowest BCUT2D eigenvalue weighted by atomic mass is 10.2. The summed E-state index contributed by atoms with van der Waals surface area (Å²) < 4.78 is 28.2. The molecule has 1 unspecified atom stereocenters. The van der Waals surface area contributed by atoms with Crippen molar-refractivity contribution in [3.8, 4) is 0 Å². The Bertz CT molecular complexity index is 523. The van der Waals surface area contributed by atoms with Crippen molar-refractivity contribution in [2.24, 2.45) is 0 Å². The molecule has 6 heteroatoms. The molecule has 5 nitrogen and oxygen atoms in total. The van der Waals surface area contributed by atoms with Gasteiger partial charge in [-0.25, -0.2) is 8.42 Å². The van der Waals surface area contributed by atoms with Crippen molar-refractivity contribution in [3.05, 3.63) is 24.2 Å². The molecule has 0 aromatic carbocycles. The summed E-state index contributed by atoms with van der Waals surface area (Å²) in [5.74, 6) is 1.64. The Morgan fingerprint density at radius 3 is 2.80 bits per heavy atom. The molecule has 1 aromatic rings. The Hall–Kier alpha value is -0.850. The largest absolute Gasteiger partial charge is 0.468 e. The fourth-order valence-corrected chi connectivity index (χ4v) is 4.51. The maximum atomic E-state index is 11.4. The summed E-state index contributed by atoms with van der Waals surface area (Å²) in [7, 11) is -2.78. The van der Waals surface area contributed by atoms with E-state index in [1.54, 1.807) is 6.26 Å². The van der Waals surface area contributed by atoms with Crippen molar-refractivity contribution in [2.45, 2.75) is 37.9 Å². The van der Waals surface area contributed by atoms with Crippen LogP contribution in [-0.2, 0) is 16.4 Å². The van der Waals surface area contributed by atoms with Crippen LogP contribution >= 0.6 is 0 Å². The molecule has 2 fully saturated rings. The minimum Gasteiger partial charge on any atom is -0.468 e. The van der Waals surface area contributed by atoms with Gasteiger partial charge in [0.2, 0.25) is 0 Å². The SMILES string of the molecule is O=S1(=O)CCC(NCCN(Cc2ccco2)C2CC2)C1. The summed E-state index contributed by atoms with van der Waals surface area (Å²) in [6, 6.07) is 4.74. The number of rotatable bonds is 7. The van der Waals surface area contributed by atoms with Gasteiger partial charge in [0.25, 0.3) is 0 Å². The van der Waals surface area contributed by atoms with Crippen LogP contribution < -0.4 is 5.32 Å². The molecule has 1 aromatic heterocycles. The van der Waals surface area contributed by atoms with Crippen LogP contribution in [0.15, 0.2) is 22.8 Å². The van der Waals surface area contributed by atoms with Crippen LogP contribution in [0.5, 0.6) is 0 Å². The van der Waals surface area contributed by atoms with E-state index in [4.69, 9.17) is 4.42 Å². The Morgan fingerprint density at radius 2 is 2.20 bits per heavy atom. The molecule has 3 rings (SSSR count). The molecule has 0 spiro atoms. The Balaban J connectivity index is 1.43. The molecule has 0 amide bonds. The fraction of sp³-hybridized carbons (Fsp3) is 0.714. The van der Waals surface area contributed by atoms with Gasteiger partial charge in [-0.1, -0.05) is 0 Å². The maximum absolute atomic E-state index is 11.4. The molecule has 1 saturated carbocycles. The molecule has 0 bridgehead atoms. The Kier molecular flexibility index (Phi) is 4.14. The first-order valence-electron chi connectivity index (χ1n) is 7.33. The van der Waals surface area contributed by atoms with Crippen molar-refractivity contribution >= 4 is 9.84 Å². The first-order valence-corrected chi connectivity index (χ1v) is 9.15. The summed E-state index contributed by atoms with van der Waals surface area (Å²) in [5, 5.41) is 3.38. The van der Waals surface area contributed by atoms with Crippen LogP contribution in [0.1, 0.15) is 25.0 Å². The molecule has 20 heavy (non-hydrogen) atoms. The summed E-state index contributed by atoms with van der Waals surface area (Å²) in [5.41, 5.74) is 0. The minimum absolute atomic E-state index is 0.143. The van der Waals surface area contributed by atoms with Crippen molar-refractivity contribution in [2.75, 3.05) is 24.6 Å². The third-order valence-electron chi connectivity index (χ3n) is 4.07. The van der Waals surface area contributed by atoms with E-state index in [0.717, 1.165) is 31.8 Å². The van der Waals surface area contributed by atoms with Crippen LogP contribution in [0.25, 0.3) is 0 Å². The molecule has 1 saturated heterocycles. The van der Waals surface area contributed by atoms with E-state index in [2.05, 4.69) is 10.2 Å². The number of furan rings is 1. The second-order valence-electron chi connectivity index (χ2n) is 5.84. The average molecular weight is 298 g/mol. The van der Waals surface area contributed by atoms with Gasteiger partial charge in [0.1, 0.15) is 5.76 Å². The van der Waals surface area contributed by atoms with Crippen molar-refractivity contribution in [1.29, 1.82) is 0 Å². The molecule has 1 atom stereocenters. The maximum Gasteiger partial charge on any atom is 0.151 e. The van der Waals surface area contributed by atoms with Gasteiger partial charge in [-0.15, -0.1) is 0 Å². The molecular formula is C14H22N2O3S. The van der Waals surface area contributed by atoms with Crippen LogP contribution in [-0.4, -0.2) is 50.0 Å². The Morgan fingerprint density at radius 1 is 1.35 bits per heavy atom. The molecule has 2 heterocycles. The number of hydrogen-bond acceptors (Lipinski definition) is 5. The monoisotopic (exact) mass is 298 g/mol. The smallest absolute Gasteiger partial charge is 0.151 e. The highest BCUT2D eigenvalue weighted by molar-refractivity contribution is 7.91. The number of nitrogens with one attached hydrogen (secondary N) is 1. The molecule has 0 radical (unpaired) electrons. The predicted octanol–water partition coefficient (Wildman–Crippen LogP) is 1.02. The predicted molar refractivity (Wildman–Crippen MR) is 77.2 cm³/mol. The van der Waals surface area contributed by atoms with Gasteiger partial charge in [0.15, 0.2) is 9.84 Å². The molecular weight excluding hydrogens is 276 g/mol. The van der Waals surface area contributed by atoms with E-state index in [1.165, 1.54) is 12.8 Å².